The molecule has 1 saturated carbocycles. The van der Waals surface area contributed by atoms with Gasteiger partial charge in [0, 0.05) is 32.2 Å². The van der Waals surface area contributed by atoms with Gasteiger partial charge in [-0.25, -0.2) is 19.4 Å². The van der Waals surface area contributed by atoms with Crippen LogP contribution in [0.5, 0.6) is 0 Å². The molecule has 2 aromatic rings. The summed E-state index contributed by atoms with van der Waals surface area (Å²) >= 11 is 3.47. The number of piperazine rings is 1. The number of fused-ring (bicyclic) bond motifs is 1. The highest BCUT2D eigenvalue weighted by Gasteiger charge is 2.31. The Labute approximate surface area is 159 Å². The highest BCUT2D eigenvalue weighted by Crippen LogP contribution is 2.35. The average molecular weight is 424 g/mol. The van der Waals surface area contributed by atoms with Crippen LogP contribution in [0.1, 0.15) is 31.7 Å². The van der Waals surface area contributed by atoms with Crippen molar-refractivity contribution in [2.75, 3.05) is 31.9 Å². The van der Waals surface area contributed by atoms with Crippen LogP contribution in [0.15, 0.2) is 10.9 Å². The number of anilines is 1. The molecule has 9 nitrogen and oxygen atoms in total. The van der Waals surface area contributed by atoms with E-state index in [0.717, 1.165) is 49.8 Å². The first-order valence-electron chi connectivity index (χ1n) is 8.90. The normalized spacial score (nSPS) is 24.9. The van der Waals surface area contributed by atoms with E-state index in [0.29, 0.717) is 35.6 Å². The fourth-order valence-electron chi connectivity index (χ4n) is 4.15. The number of hydrogen-bond donors (Lipinski definition) is 2. The van der Waals surface area contributed by atoms with Crippen LogP contribution in [-0.4, -0.2) is 73.0 Å². The number of amides is 1. The van der Waals surface area contributed by atoms with E-state index in [-0.39, 0.29) is 0 Å². The van der Waals surface area contributed by atoms with E-state index in [1.54, 1.807) is 0 Å². The molecule has 0 radical (unpaired) electrons. The van der Waals surface area contributed by atoms with Gasteiger partial charge in [0.1, 0.15) is 16.7 Å². The van der Waals surface area contributed by atoms with E-state index in [1.165, 1.54) is 11.2 Å². The van der Waals surface area contributed by atoms with E-state index in [1.807, 2.05) is 4.68 Å². The molecular weight excluding hydrogens is 402 g/mol. The largest absolute Gasteiger partial charge is 0.465 e. The first-order chi connectivity index (χ1) is 12.5. The molecule has 0 spiro atoms. The van der Waals surface area contributed by atoms with Crippen LogP contribution in [0.4, 0.5) is 10.6 Å². The highest BCUT2D eigenvalue weighted by atomic mass is 79.9. The molecule has 0 unspecified atom stereocenters. The molecule has 4 rings (SSSR count). The Bertz CT molecular complexity index is 810. The predicted octanol–water partition coefficient (Wildman–Crippen LogP) is 1.95. The second-order valence-corrected chi connectivity index (χ2v) is 7.71. The van der Waals surface area contributed by atoms with Crippen molar-refractivity contribution >= 4 is 38.9 Å². The third-order valence-electron chi connectivity index (χ3n) is 5.59. The third kappa shape index (κ3) is 3.11. The topological polar surface area (TPSA) is 113 Å². The van der Waals surface area contributed by atoms with E-state index in [9.17, 15) is 4.79 Å². The average Bonchev–Trinajstić information content (AvgIpc) is 3.00. The number of carbonyl (C=O) groups is 1. The van der Waals surface area contributed by atoms with Crippen molar-refractivity contribution in [3.05, 3.63) is 10.9 Å². The van der Waals surface area contributed by atoms with Gasteiger partial charge < -0.3 is 15.7 Å². The second-order valence-electron chi connectivity index (χ2n) is 6.96. The van der Waals surface area contributed by atoms with Crippen LogP contribution in [0, 0.1) is 0 Å². The molecule has 3 N–H and O–H groups in total. The number of halogens is 1. The Balaban J connectivity index is 1.42. The maximum absolute atomic E-state index is 11.0. The molecule has 0 aromatic carbocycles. The van der Waals surface area contributed by atoms with Crippen molar-refractivity contribution in [3.8, 4) is 0 Å². The van der Waals surface area contributed by atoms with Gasteiger partial charge in [-0.3, -0.25) is 4.90 Å². The molecule has 1 saturated heterocycles. The molecule has 10 heteroatoms. The Hall–Kier alpha value is -1.94. The van der Waals surface area contributed by atoms with Gasteiger partial charge in [0.25, 0.3) is 0 Å². The molecule has 26 heavy (non-hydrogen) atoms. The van der Waals surface area contributed by atoms with Crippen molar-refractivity contribution in [1.29, 1.82) is 0 Å². The molecule has 2 aliphatic rings. The van der Waals surface area contributed by atoms with Gasteiger partial charge in [0.2, 0.25) is 0 Å². The minimum atomic E-state index is -0.814. The van der Waals surface area contributed by atoms with Gasteiger partial charge in [-0.05, 0) is 41.6 Å². The molecule has 140 valence electrons. The molecule has 3 heterocycles. The minimum absolute atomic E-state index is 0.301. The third-order valence-corrected chi connectivity index (χ3v) is 6.14. The number of nitrogens with zero attached hydrogens (tertiary/aromatic N) is 6. The standard InChI is InChI=1S/C16H22BrN7O2/c17-13-12-14(18)19-9-20-15(12)24(21-13)11-3-1-10(2-4-11)22-5-7-23(8-6-22)16(25)26/h9-11H,1-8H2,(H,25,26)(H2,18,19,20)/t10-,11+. The number of nitrogens with two attached hydrogens (primary N) is 1. The molecule has 2 fully saturated rings. The summed E-state index contributed by atoms with van der Waals surface area (Å²) < 4.78 is 2.67. The van der Waals surface area contributed by atoms with Crippen molar-refractivity contribution in [3.63, 3.8) is 0 Å². The van der Waals surface area contributed by atoms with Crippen LogP contribution in [0.2, 0.25) is 0 Å². The van der Waals surface area contributed by atoms with Crippen molar-refractivity contribution in [1.82, 2.24) is 29.5 Å². The zero-order valence-electron chi connectivity index (χ0n) is 14.4. The molecule has 1 aliphatic heterocycles. The zero-order valence-corrected chi connectivity index (χ0v) is 16.0. The van der Waals surface area contributed by atoms with Crippen LogP contribution in [0.25, 0.3) is 11.0 Å². The molecule has 1 aliphatic carbocycles. The fourth-order valence-corrected chi connectivity index (χ4v) is 4.71. The first-order valence-corrected chi connectivity index (χ1v) is 9.70. The van der Waals surface area contributed by atoms with Gasteiger partial charge in [-0.15, -0.1) is 0 Å². The van der Waals surface area contributed by atoms with Crippen LogP contribution in [-0.2, 0) is 0 Å². The van der Waals surface area contributed by atoms with Gasteiger partial charge in [-0.1, -0.05) is 0 Å². The molecule has 1 amide bonds. The lowest BCUT2D eigenvalue weighted by atomic mass is 9.90. The molecule has 0 bridgehead atoms. The quantitative estimate of drug-likeness (QED) is 0.758. The predicted molar refractivity (Wildman–Crippen MR) is 99.9 cm³/mol. The Morgan fingerprint density at radius 2 is 1.77 bits per heavy atom. The van der Waals surface area contributed by atoms with Gasteiger partial charge in [0.15, 0.2) is 5.65 Å². The summed E-state index contributed by atoms with van der Waals surface area (Å²) in [5.41, 5.74) is 6.75. The highest BCUT2D eigenvalue weighted by molar-refractivity contribution is 9.10. The lowest BCUT2D eigenvalue weighted by molar-refractivity contribution is 0.0671. The number of hydrogen-bond acceptors (Lipinski definition) is 6. The first kappa shape index (κ1) is 17.5. The summed E-state index contributed by atoms with van der Waals surface area (Å²) in [6.45, 7) is 2.84. The number of nitrogen functional groups attached to an aromatic ring is 1. The van der Waals surface area contributed by atoms with Crippen molar-refractivity contribution < 1.29 is 9.90 Å². The van der Waals surface area contributed by atoms with E-state index in [4.69, 9.17) is 10.8 Å². The monoisotopic (exact) mass is 423 g/mol. The van der Waals surface area contributed by atoms with Crippen molar-refractivity contribution in [2.45, 2.75) is 37.8 Å². The number of rotatable bonds is 2. The Kier molecular flexibility index (Phi) is 4.70. The van der Waals surface area contributed by atoms with Gasteiger partial charge in [-0.2, -0.15) is 5.10 Å². The van der Waals surface area contributed by atoms with Crippen LogP contribution in [0.3, 0.4) is 0 Å². The summed E-state index contributed by atoms with van der Waals surface area (Å²) in [5, 5.41) is 14.5. The summed E-state index contributed by atoms with van der Waals surface area (Å²) in [5.74, 6) is 0.443. The van der Waals surface area contributed by atoms with E-state index < -0.39 is 6.09 Å². The lowest BCUT2D eigenvalue weighted by Crippen LogP contribution is -2.52. The fraction of sp³-hybridized carbons (Fsp3) is 0.625. The van der Waals surface area contributed by atoms with E-state index >= 15 is 0 Å². The summed E-state index contributed by atoms with van der Waals surface area (Å²) in [6, 6.07) is 0.821. The summed E-state index contributed by atoms with van der Waals surface area (Å²) in [6.07, 6.45) is 4.88. The maximum Gasteiger partial charge on any atom is 0.407 e. The molecule has 2 aromatic heterocycles. The van der Waals surface area contributed by atoms with Crippen LogP contribution >= 0.6 is 15.9 Å². The number of aromatic nitrogens is 4. The second kappa shape index (κ2) is 6.99. The lowest BCUT2D eigenvalue weighted by Gasteiger charge is -2.41. The number of carboxylic acid groups (broad SMARTS) is 1. The molecular formula is C16H22BrN7O2. The van der Waals surface area contributed by atoms with Gasteiger partial charge >= 0.3 is 6.09 Å². The Morgan fingerprint density at radius 3 is 2.42 bits per heavy atom. The van der Waals surface area contributed by atoms with E-state index in [2.05, 4.69) is 35.9 Å². The summed E-state index contributed by atoms with van der Waals surface area (Å²) in [7, 11) is 0. The zero-order chi connectivity index (χ0) is 18.3. The maximum atomic E-state index is 11.0. The van der Waals surface area contributed by atoms with Crippen LogP contribution < -0.4 is 5.73 Å². The minimum Gasteiger partial charge on any atom is -0.465 e. The summed E-state index contributed by atoms with van der Waals surface area (Å²) in [4.78, 5) is 23.4. The smallest absolute Gasteiger partial charge is 0.407 e. The Morgan fingerprint density at radius 1 is 1.12 bits per heavy atom. The molecule has 0 atom stereocenters. The SMILES string of the molecule is Nc1ncnc2c1c(Br)nn2[C@H]1CC[C@@H](N2CCN(C(=O)O)CC2)CC1. The van der Waals surface area contributed by atoms with Crippen molar-refractivity contribution in [2.24, 2.45) is 0 Å². The van der Waals surface area contributed by atoms with Gasteiger partial charge in [0.05, 0.1) is 11.4 Å².